The number of carbonyl (C=O) groups excluding carboxylic acids is 1. The van der Waals surface area contributed by atoms with Gasteiger partial charge in [-0.25, -0.2) is 0 Å². The van der Waals surface area contributed by atoms with E-state index in [1.165, 1.54) is 0 Å². The first-order valence-corrected chi connectivity index (χ1v) is 5.53. The van der Waals surface area contributed by atoms with E-state index >= 15 is 0 Å². The number of hydrogen-bond acceptors (Lipinski definition) is 5. The molecule has 1 N–H and O–H groups in total. The quantitative estimate of drug-likeness (QED) is 0.868. The van der Waals surface area contributed by atoms with E-state index in [0.29, 0.717) is 6.42 Å². The topological polar surface area (TPSA) is 56.8 Å². The van der Waals surface area contributed by atoms with E-state index in [0.717, 1.165) is 22.9 Å². The maximum Gasteiger partial charge on any atom is 0.231 e. The predicted molar refractivity (Wildman–Crippen MR) is 66.8 cm³/mol. The Bertz CT molecular complexity index is 482. The molecule has 0 amide bonds. The molecule has 1 aliphatic heterocycles. The number of rotatable bonds is 2. The molecule has 0 saturated carbocycles. The van der Waals surface area contributed by atoms with Gasteiger partial charge in [0.2, 0.25) is 6.79 Å². The van der Waals surface area contributed by atoms with Crippen molar-refractivity contribution in [3.05, 3.63) is 30.0 Å². The molecule has 1 aliphatic carbocycles. The third kappa shape index (κ3) is 2.62. The summed E-state index contributed by atoms with van der Waals surface area (Å²) < 4.78 is 14.8. The third-order valence-corrected chi connectivity index (χ3v) is 2.39. The number of benzene rings is 1. The lowest BCUT2D eigenvalue weighted by atomic mass is 10.0. The first-order valence-electron chi connectivity index (χ1n) is 5.53. The van der Waals surface area contributed by atoms with Gasteiger partial charge in [0.25, 0.3) is 0 Å². The van der Waals surface area contributed by atoms with Gasteiger partial charge in [-0.05, 0) is 12.1 Å². The Labute approximate surface area is 105 Å². The number of allylic oxidation sites excluding steroid dienone is 2. The third-order valence-electron chi connectivity index (χ3n) is 2.39. The minimum absolute atomic E-state index is 0.155. The Morgan fingerprint density at radius 3 is 2.67 bits per heavy atom. The Kier molecular flexibility index (Phi) is 3.84. The molecule has 0 unspecified atom stereocenters. The highest BCUT2D eigenvalue weighted by Crippen LogP contribution is 2.39. The van der Waals surface area contributed by atoms with Crippen LogP contribution in [-0.4, -0.2) is 26.8 Å². The van der Waals surface area contributed by atoms with Crippen molar-refractivity contribution in [3.8, 4) is 11.5 Å². The van der Waals surface area contributed by atoms with E-state index in [-0.39, 0.29) is 12.6 Å². The lowest BCUT2D eigenvalue weighted by molar-refractivity contribution is -0.115. The van der Waals surface area contributed by atoms with E-state index in [2.05, 4.69) is 10.1 Å². The highest BCUT2D eigenvalue weighted by atomic mass is 16.7. The molecule has 1 aromatic carbocycles. The molecular weight excluding hydrogens is 234 g/mol. The Morgan fingerprint density at radius 1 is 1.28 bits per heavy atom. The number of carbonyl (C=O) groups is 1. The monoisotopic (exact) mass is 249 g/mol. The second-order valence-electron chi connectivity index (χ2n) is 3.89. The van der Waals surface area contributed by atoms with Gasteiger partial charge >= 0.3 is 0 Å². The van der Waals surface area contributed by atoms with Crippen LogP contribution in [0, 0.1) is 0 Å². The molecule has 0 fully saturated rings. The summed E-state index contributed by atoms with van der Waals surface area (Å²) in [6.45, 7) is 0.256. The molecule has 0 aromatic heterocycles. The molecular formula is C13H15NO4. The standard InChI is InChI=1S/C11H9NO3.C2H6O/c13-8-4-7(5-8)12-9-2-1-3-10-11(9)15-6-14-10;1-3-2/h1-4,12H,5-6H2;1-2H3. The van der Waals surface area contributed by atoms with Gasteiger partial charge in [-0.2, -0.15) is 0 Å². The zero-order chi connectivity index (χ0) is 13.0. The summed E-state index contributed by atoms with van der Waals surface area (Å²) in [5.41, 5.74) is 1.77. The molecule has 0 radical (unpaired) electrons. The minimum atomic E-state index is 0.155. The average molecular weight is 249 g/mol. The smallest absolute Gasteiger partial charge is 0.231 e. The molecule has 0 spiro atoms. The summed E-state index contributed by atoms with van der Waals surface area (Å²) >= 11 is 0. The Balaban J connectivity index is 0.000000367. The average Bonchev–Trinajstić information content (AvgIpc) is 2.77. The van der Waals surface area contributed by atoms with Crippen LogP contribution >= 0.6 is 0 Å². The highest BCUT2D eigenvalue weighted by molar-refractivity contribution is 6.00. The van der Waals surface area contributed by atoms with Gasteiger partial charge in [0, 0.05) is 26.0 Å². The summed E-state index contributed by atoms with van der Waals surface area (Å²) in [7, 11) is 3.25. The Hall–Kier alpha value is -2.01. The summed E-state index contributed by atoms with van der Waals surface area (Å²) in [6.07, 6.45) is 2.07. The fraction of sp³-hybridized carbons (Fsp3) is 0.308. The van der Waals surface area contributed by atoms with Crippen molar-refractivity contribution >= 4 is 11.5 Å². The molecule has 96 valence electrons. The number of ether oxygens (including phenoxy) is 3. The predicted octanol–water partition coefficient (Wildman–Crippen LogP) is 1.95. The van der Waals surface area contributed by atoms with Crippen LogP contribution in [0.15, 0.2) is 30.0 Å². The highest BCUT2D eigenvalue weighted by Gasteiger charge is 2.20. The van der Waals surface area contributed by atoms with Gasteiger partial charge in [-0.15, -0.1) is 0 Å². The van der Waals surface area contributed by atoms with Crippen LogP contribution in [0.3, 0.4) is 0 Å². The van der Waals surface area contributed by atoms with E-state index in [1.807, 2.05) is 18.2 Å². The first-order chi connectivity index (χ1) is 8.74. The molecule has 0 atom stereocenters. The number of nitrogens with one attached hydrogen (secondary N) is 1. The van der Waals surface area contributed by atoms with E-state index < -0.39 is 0 Å². The lowest BCUT2D eigenvalue weighted by Gasteiger charge is -2.16. The number of ketones is 1. The molecule has 5 nitrogen and oxygen atoms in total. The number of anilines is 1. The van der Waals surface area contributed by atoms with Crippen molar-refractivity contribution < 1.29 is 19.0 Å². The van der Waals surface area contributed by atoms with Crippen LogP contribution in [0.1, 0.15) is 6.42 Å². The molecule has 0 saturated heterocycles. The summed E-state index contributed by atoms with van der Waals surface area (Å²) in [5.74, 6) is 1.62. The van der Waals surface area contributed by atoms with E-state index in [4.69, 9.17) is 9.47 Å². The van der Waals surface area contributed by atoms with Gasteiger partial charge in [-0.3, -0.25) is 4.79 Å². The van der Waals surface area contributed by atoms with Gasteiger partial charge in [0.1, 0.15) is 0 Å². The van der Waals surface area contributed by atoms with Crippen molar-refractivity contribution in [2.45, 2.75) is 6.42 Å². The van der Waals surface area contributed by atoms with Gasteiger partial charge < -0.3 is 19.5 Å². The minimum Gasteiger partial charge on any atom is -0.454 e. The molecule has 18 heavy (non-hydrogen) atoms. The molecule has 0 bridgehead atoms. The van der Waals surface area contributed by atoms with Crippen LogP contribution in [0.5, 0.6) is 11.5 Å². The SMILES string of the molecule is COC.O=C1C=C(Nc2cccc3c2OCO3)C1. The largest absolute Gasteiger partial charge is 0.454 e. The van der Waals surface area contributed by atoms with Crippen LogP contribution in [-0.2, 0) is 9.53 Å². The first kappa shape index (κ1) is 12.4. The number of fused-ring (bicyclic) bond motifs is 1. The molecule has 1 heterocycles. The maximum absolute atomic E-state index is 10.8. The number of hydrogen-bond donors (Lipinski definition) is 1. The van der Waals surface area contributed by atoms with Crippen molar-refractivity contribution in [3.63, 3.8) is 0 Å². The summed E-state index contributed by atoms with van der Waals surface area (Å²) in [4.78, 5) is 10.8. The second-order valence-corrected chi connectivity index (χ2v) is 3.89. The van der Waals surface area contributed by atoms with E-state index in [9.17, 15) is 4.79 Å². The fourth-order valence-electron chi connectivity index (χ4n) is 1.63. The second kappa shape index (κ2) is 5.55. The van der Waals surface area contributed by atoms with Crippen molar-refractivity contribution in [1.82, 2.24) is 0 Å². The molecule has 1 aromatic rings. The van der Waals surface area contributed by atoms with Crippen LogP contribution in [0.2, 0.25) is 0 Å². The lowest BCUT2D eigenvalue weighted by Crippen LogP contribution is -2.15. The molecule has 2 aliphatic rings. The zero-order valence-electron chi connectivity index (χ0n) is 10.4. The van der Waals surface area contributed by atoms with Crippen LogP contribution in [0.25, 0.3) is 0 Å². The Morgan fingerprint density at radius 2 is 2.00 bits per heavy atom. The van der Waals surface area contributed by atoms with Crippen molar-refractivity contribution in [2.24, 2.45) is 0 Å². The van der Waals surface area contributed by atoms with Crippen molar-refractivity contribution in [1.29, 1.82) is 0 Å². The normalized spacial score (nSPS) is 15.2. The van der Waals surface area contributed by atoms with E-state index in [1.54, 1.807) is 20.3 Å². The van der Waals surface area contributed by atoms with Crippen LogP contribution < -0.4 is 14.8 Å². The van der Waals surface area contributed by atoms with Gasteiger partial charge in [0.05, 0.1) is 12.1 Å². The molecule has 3 rings (SSSR count). The summed E-state index contributed by atoms with van der Waals surface area (Å²) in [6, 6.07) is 5.64. The zero-order valence-corrected chi connectivity index (χ0v) is 10.4. The van der Waals surface area contributed by atoms with Gasteiger partial charge in [-0.1, -0.05) is 6.07 Å². The maximum atomic E-state index is 10.8. The van der Waals surface area contributed by atoms with Crippen molar-refractivity contribution in [2.75, 3.05) is 26.3 Å². The summed E-state index contributed by atoms with van der Waals surface area (Å²) in [5, 5.41) is 3.14. The molecule has 5 heteroatoms. The number of methoxy groups -OCH3 is 1. The van der Waals surface area contributed by atoms with Gasteiger partial charge in [0.15, 0.2) is 17.3 Å². The number of para-hydroxylation sites is 1. The van der Waals surface area contributed by atoms with Crippen LogP contribution in [0.4, 0.5) is 5.69 Å². The fourth-order valence-corrected chi connectivity index (χ4v) is 1.63.